The first-order valence-corrected chi connectivity index (χ1v) is 13.0. The van der Waals surface area contributed by atoms with Crippen molar-refractivity contribution in [2.24, 2.45) is 0 Å². The predicted octanol–water partition coefficient (Wildman–Crippen LogP) is 3.22. The van der Waals surface area contributed by atoms with E-state index < -0.39 is 33.3 Å². The van der Waals surface area contributed by atoms with Crippen molar-refractivity contribution in [1.29, 1.82) is 5.26 Å². The third-order valence-corrected chi connectivity index (χ3v) is 6.75. The van der Waals surface area contributed by atoms with E-state index in [4.69, 9.17) is 0 Å². The van der Waals surface area contributed by atoms with E-state index in [0.29, 0.717) is 18.1 Å². The summed E-state index contributed by atoms with van der Waals surface area (Å²) in [6.45, 7) is 2.16. The average Bonchev–Trinajstić information content (AvgIpc) is 3.17. The molecule has 1 unspecified atom stereocenters. The molecule has 1 amide bonds. The summed E-state index contributed by atoms with van der Waals surface area (Å²) < 4.78 is 52.0. The maximum Gasteiger partial charge on any atom is 0.322 e. The molecule has 0 bridgehead atoms. The molecule has 0 fully saturated rings. The van der Waals surface area contributed by atoms with E-state index in [-0.39, 0.29) is 42.0 Å². The van der Waals surface area contributed by atoms with E-state index in [0.717, 1.165) is 11.2 Å². The molecule has 1 aromatic carbocycles. The molecule has 3 aromatic rings. The van der Waals surface area contributed by atoms with Crippen LogP contribution >= 0.6 is 0 Å². The lowest BCUT2D eigenvalue weighted by molar-refractivity contribution is -0.154. The molecule has 36 heavy (non-hydrogen) atoms. The topological polar surface area (TPSA) is 141 Å². The molecule has 0 saturated heterocycles. The lowest BCUT2D eigenvalue weighted by Gasteiger charge is -2.26. The van der Waals surface area contributed by atoms with Gasteiger partial charge in [0.2, 0.25) is 0 Å². The Kier molecular flexibility index (Phi) is 7.78. The minimum absolute atomic E-state index is 0.0363. The molecule has 2 heterocycles. The maximum atomic E-state index is 13.6. The Hall–Kier alpha value is -3.79. The van der Waals surface area contributed by atoms with Crippen LogP contribution in [0.2, 0.25) is 0 Å². The molecule has 2 aromatic heterocycles. The van der Waals surface area contributed by atoms with E-state index in [1.165, 1.54) is 35.1 Å². The van der Waals surface area contributed by atoms with Crippen LogP contribution in [0.15, 0.2) is 46.2 Å². The Bertz CT molecular complexity index is 1450. The van der Waals surface area contributed by atoms with Crippen LogP contribution in [0.5, 0.6) is 0 Å². The number of nitrogens with zero attached hydrogens (tertiary/aromatic N) is 4. The van der Waals surface area contributed by atoms with E-state index in [2.05, 4.69) is 21.5 Å². The largest absolute Gasteiger partial charge is 0.338 e. The van der Waals surface area contributed by atoms with Gasteiger partial charge < -0.3 is 15.2 Å². The van der Waals surface area contributed by atoms with E-state index in [9.17, 15) is 32.0 Å². The molecule has 1 atom stereocenters. The summed E-state index contributed by atoms with van der Waals surface area (Å²) in [5, 5.41) is 17.1. The summed E-state index contributed by atoms with van der Waals surface area (Å²) in [4.78, 5) is 28.4. The van der Waals surface area contributed by atoms with Crippen molar-refractivity contribution in [1.82, 2.24) is 19.7 Å². The summed E-state index contributed by atoms with van der Waals surface area (Å²) >= 11 is 0. The number of benzene rings is 1. The summed E-state index contributed by atoms with van der Waals surface area (Å²) in [5.41, 5.74) is 0.437. The van der Waals surface area contributed by atoms with E-state index >= 15 is 0 Å². The fourth-order valence-electron chi connectivity index (χ4n) is 3.79. The van der Waals surface area contributed by atoms with Crippen LogP contribution in [0.1, 0.15) is 32.7 Å². The Morgan fingerprint density at radius 1 is 1.31 bits per heavy atom. The molecule has 0 aliphatic carbocycles. The number of amides is 1. The van der Waals surface area contributed by atoms with Gasteiger partial charge in [0.25, 0.3) is 11.5 Å². The second-order valence-electron chi connectivity index (χ2n) is 8.36. The molecular weight excluding hydrogens is 494 g/mol. The molecule has 0 aliphatic heterocycles. The highest BCUT2D eigenvalue weighted by molar-refractivity contribution is 7.90. The number of carbonyl (C=O) groups is 1. The van der Waals surface area contributed by atoms with Gasteiger partial charge in [0.15, 0.2) is 15.7 Å². The molecule has 3 rings (SSSR count). The van der Waals surface area contributed by atoms with Crippen LogP contribution in [0.4, 0.5) is 20.3 Å². The molecule has 2 N–H and O–H groups in total. The molecule has 0 spiro atoms. The van der Waals surface area contributed by atoms with Gasteiger partial charge >= 0.3 is 5.92 Å². The third kappa shape index (κ3) is 5.88. The standard InChI is InChI=1S/C23H26F2N6O4S/c1-4-30(22(33)23(2,24)25)14-11-16(9-12-26)31-18-10-13-27-21(32)19(18)20(29-31)28-15-5-7-17(8-6-15)36(3,34)35/h5-8,10,13,16H,4,9,11,14H2,1-3H3,(H,27,32)(H,28,29). The number of anilines is 2. The van der Waals surface area contributed by atoms with Crippen LogP contribution in [-0.4, -0.2) is 59.3 Å². The summed E-state index contributed by atoms with van der Waals surface area (Å²) in [7, 11) is -3.39. The molecule has 0 radical (unpaired) electrons. The summed E-state index contributed by atoms with van der Waals surface area (Å²) in [6, 6.07) is 8.93. The molecule has 0 saturated carbocycles. The molecule has 0 aliphatic rings. The Morgan fingerprint density at radius 2 is 1.97 bits per heavy atom. The van der Waals surface area contributed by atoms with Gasteiger partial charge in [0, 0.05) is 38.2 Å². The van der Waals surface area contributed by atoms with Gasteiger partial charge in [-0.1, -0.05) is 0 Å². The first-order valence-electron chi connectivity index (χ1n) is 11.1. The number of rotatable bonds is 10. The highest BCUT2D eigenvalue weighted by Crippen LogP contribution is 2.29. The van der Waals surface area contributed by atoms with Crippen LogP contribution in [0.25, 0.3) is 10.9 Å². The van der Waals surface area contributed by atoms with Gasteiger partial charge in [-0.15, -0.1) is 0 Å². The Labute approximate surface area is 206 Å². The number of nitriles is 1. The highest BCUT2D eigenvalue weighted by Gasteiger charge is 2.36. The van der Waals surface area contributed by atoms with Crippen molar-refractivity contribution >= 4 is 38.2 Å². The first kappa shape index (κ1) is 26.8. The van der Waals surface area contributed by atoms with Crippen molar-refractivity contribution < 1.29 is 22.0 Å². The number of aromatic amines is 1. The van der Waals surface area contributed by atoms with Crippen molar-refractivity contribution in [3.8, 4) is 6.07 Å². The lowest BCUT2D eigenvalue weighted by atomic mass is 10.1. The number of hydrogen-bond donors (Lipinski definition) is 2. The van der Waals surface area contributed by atoms with Gasteiger partial charge in [-0.3, -0.25) is 14.3 Å². The zero-order valence-corrected chi connectivity index (χ0v) is 20.8. The fourth-order valence-corrected chi connectivity index (χ4v) is 4.42. The molecule has 13 heteroatoms. The van der Waals surface area contributed by atoms with Gasteiger partial charge in [-0.2, -0.15) is 19.1 Å². The zero-order chi connectivity index (χ0) is 26.7. The van der Waals surface area contributed by atoms with Crippen molar-refractivity contribution in [2.75, 3.05) is 24.7 Å². The quantitative estimate of drug-likeness (QED) is 0.418. The van der Waals surface area contributed by atoms with Crippen molar-refractivity contribution in [2.45, 2.75) is 43.5 Å². The number of nitrogens with one attached hydrogen (secondary N) is 2. The van der Waals surface area contributed by atoms with Crippen LogP contribution in [0, 0.1) is 11.3 Å². The smallest absolute Gasteiger partial charge is 0.322 e. The average molecular weight is 521 g/mol. The highest BCUT2D eigenvalue weighted by atomic mass is 32.2. The minimum Gasteiger partial charge on any atom is -0.338 e. The SMILES string of the molecule is CCN(CCC(CC#N)n1nc(Nc2ccc(S(C)(=O)=O)cc2)c2c(=O)[nH]ccc21)C(=O)C(C)(F)F. The number of hydrogen-bond acceptors (Lipinski definition) is 7. The van der Waals surface area contributed by atoms with Gasteiger partial charge in [0.05, 0.1) is 28.9 Å². The summed E-state index contributed by atoms with van der Waals surface area (Å²) in [5.74, 6) is -4.65. The zero-order valence-electron chi connectivity index (χ0n) is 20.0. The van der Waals surface area contributed by atoms with Gasteiger partial charge in [-0.05, 0) is 43.7 Å². The summed E-state index contributed by atoms with van der Waals surface area (Å²) in [6.07, 6.45) is 2.63. The number of fused-ring (bicyclic) bond motifs is 1. The number of sulfone groups is 1. The first-order chi connectivity index (χ1) is 16.9. The van der Waals surface area contributed by atoms with E-state index in [1.54, 1.807) is 13.0 Å². The van der Waals surface area contributed by atoms with Crippen LogP contribution in [-0.2, 0) is 14.6 Å². The second kappa shape index (κ2) is 10.4. The van der Waals surface area contributed by atoms with Crippen molar-refractivity contribution in [3.05, 3.63) is 46.9 Å². The normalized spacial score (nSPS) is 12.8. The number of pyridine rings is 1. The number of aromatic nitrogens is 3. The van der Waals surface area contributed by atoms with Crippen LogP contribution in [0.3, 0.4) is 0 Å². The van der Waals surface area contributed by atoms with Crippen molar-refractivity contribution in [3.63, 3.8) is 0 Å². The number of alkyl halides is 2. The Balaban J connectivity index is 1.97. The number of H-pyrrole nitrogens is 1. The number of carbonyl (C=O) groups excluding carboxylic acids is 1. The molecule has 10 nitrogen and oxygen atoms in total. The maximum absolute atomic E-state index is 13.6. The minimum atomic E-state index is -3.52. The van der Waals surface area contributed by atoms with Gasteiger partial charge in [0.1, 0.15) is 5.39 Å². The number of halogens is 2. The Morgan fingerprint density at radius 3 is 2.53 bits per heavy atom. The fraction of sp³-hybridized carbons (Fsp3) is 0.391. The van der Waals surface area contributed by atoms with Gasteiger partial charge in [-0.25, -0.2) is 8.42 Å². The predicted molar refractivity (Wildman–Crippen MR) is 130 cm³/mol. The lowest BCUT2D eigenvalue weighted by Crippen LogP contribution is -2.42. The van der Waals surface area contributed by atoms with E-state index in [1.807, 2.05) is 0 Å². The monoisotopic (exact) mass is 520 g/mol. The molecular formula is C23H26F2N6O4S. The van der Waals surface area contributed by atoms with Crippen LogP contribution < -0.4 is 10.9 Å². The molecule has 192 valence electrons. The third-order valence-electron chi connectivity index (χ3n) is 5.62. The second-order valence-corrected chi connectivity index (χ2v) is 10.4.